The lowest BCUT2D eigenvalue weighted by molar-refractivity contribution is 0.0308. The first-order valence-electron chi connectivity index (χ1n) is 8.59. The van der Waals surface area contributed by atoms with E-state index in [1.807, 2.05) is 24.3 Å². The Morgan fingerprint density at radius 3 is 2.87 bits per heavy atom. The normalized spacial score (nSPS) is 24.7. The molecule has 1 aromatic carbocycles. The molecule has 1 aromatic rings. The number of benzene rings is 1. The standard InChI is InChI=1S/C18H28N2O3/c1-22-17-4-2-3-16(11-17)18(21)14-20-6-5-15(13-20)12-19-7-9-23-10-8-19/h2-4,11,15,18,21H,5-10,12-14H2,1H3. The van der Waals surface area contributed by atoms with Gasteiger partial charge in [-0.25, -0.2) is 0 Å². The second kappa shape index (κ2) is 8.11. The number of nitrogens with zero attached hydrogens (tertiary/aromatic N) is 2. The summed E-state index contributed by atoms with van der Waals surface area (Å²) in [6.45, 7) is 7.87. The number of aliphatic hydroxyl groups is 1. The number of aliphatic hydroxyl groups excluding tert-OH is 1. The monoisotopic (exact) mass is 320 g/mol. The smallest absolute Gasteiger partial charge is 0.119 e. The van der Waals surface area contributed by atoms with Crippen LogP contribution in [-0.4, -0.2) is 74.5 Å². The predicted octanol–water partition coefficient (Wildman–Crippen LogP) is 1.38. The zero-order valence-corrected chi connectivity index (χ0v) is 14.0. The molecule has 0 aromatic heterocycles. The second-order valence-electron chi connectivity index (χ2n) is 6.62. The van der Waals surface area contributed by atoms with E-state index in [1.165, 1.54) is 6.42 Å². The van der Waals surface area contributed by atoms with Gasteiger partial charge in [0.05, 0.1) is 26.4 Å². The van der Waals surface area contributed by atoms with Crippen LogP contribution < -0.4 is 4.74 Å². The van der Waals surface area contributed by atoms with Gasteiger partial charge in [-0.2, -0.15) is 0 Å². The topological polar surface area (TPSA) is 45.2 Å². The Bertz CT molecular complexity index is 491. The SMILES string of the molecule is COc1cccc(C(O)CN2CCC(CN3CCOCC3)C2)c1. The van der Waals surface area contributed by atoms with E-state index in [2.05, 4.69) is 9.80 Å². The summed E-state index contributed by atoms with van der Waals surface area (Å²) in [7, 11) is 1.65. The van der Waals surface area contributed by atoms with Gasteiger partial charge in [-0.05, 0) is 36.6 Å². The average molecular weight is 320 g/mol. The number of morpholine rings is 1. The van der Waals surface area contributed by atoms with E-state index in [-0.39, 0.29) is 0 Å². The highest BCUT2D eigenvalue weighted by molar-refractivity contribution is 5.29. The van der Waals surface area contributed by atoms with Crippen LogP contribution in [0.5, 0.6) is 5.75 Å². The third-order valence-electron chi connectivity index (χ3n) is 4.90. The molecule has 5 nitrogen and oxygen atoms in total. The Kier molecular flexibility index (Phi) is 5.89. The molecule has 2 unspecified atom stereocenters. The van der Waals surface area contributed by atoms with Gasteiger partial charge in [0.1, 0.15) is 5.75 Å². The van der Waals surface area contributed by atoms with Crippen molar-refractivity contribution < 1.29 is 14.6 Å². The molecule has 3 rings (SSSR count). The van der Waals surface area contributed by atoms with Gasteiger partial charge in [0.25, 0.3) is 0 Å². The minimum atomic E-state index is -0.452. The maximum atomic E-state index is 10.5. The van der Waals surface area contributed by atoms with E-state index in [1.54, 1.807) is 7.11 Å². The second-order valence-corrected chi connectivity index (χ2v) is 6.62. The lowest BCUT2D eigenvalue weighted by Gasteiger charge is -2.29. The minimum Gasteiger partial charge on any atom is -0.497 e. The highest BCUT2D eigenvalue weighted by Gasteiger charge is 2.26. The third-order valence-corrected chi connectivity index (χ3v) is 4.90. The summed E-state index contributed by atoms with van der Waals surface area (Å²) in [5.74, 6) is 1.51. The van der Waals surface area contributed by atoms with Crippen LogP contribution in [0.4, 0.5) is 0 Å². The van der Waals surface area contributed by atoms with Gasteiger partial charge >= 0.3 is 0 Å². The molecule has 0 amide bonds. The summed E-state index contributed by atoms with van der Waals surface area (Å²) in [6.07, 6.45) is 0.773. The Labute approximate surface area is 138 Å². The Morgan fingerprint density at radius 2 is 2.09 bits per heavy atom. The van der Waals surface area contributed by atoms with E-state index in [0.29, 0.717) is 12.5 Å². The van der Waals surface area contributed by atoms with Crippen LogP contribution in [0.15, 0.2) is 24.3 Å². The molecule has 0 bridgehead atoms. The number of hydrogen-bond acceptors (Lipinski definition) is 5. The first-order chi connectivity index (χ1) is 11.2. The quantitative estimate of drug-likeness (QED) is 0.858. The van der Waals surface area contributed by atoms with Crippen molar-refractivity contribution in [3.05, 3.63) is 29.8 Å². The average Bonchev–Trinajstić information content (AvgIpc) is 3.02. The molecule has 2 heterocycles. The van der Waals surface area contributed by atoms with Crippen molar-refractivity contribution >= 4 is 0 Å². The maximum Gasteiger partial charge on any atom is 0.119 e. The van der Waals surface area contributed by atoms with Gasteiger partial charge in [0.15, 0.2) is 0 Å². The van der Waals surface area contributed by atoms with Crippen molar-refractivity contribution in [3.63, 3.8) is 0 Å². The number of methoxy groups -OCH3 is 1. The van der Waals surface area contributed by atoms with E-state index in [0.717, 1.165) is 57.3 Å². The first-order valence-corrected chi connectivity index (χ1v) is 8.59. The molecule has 1 N–H and O–H groups in total. The third kappa shape index (κ3) is 4.67. The van der Waals surface area contributed by atoms with Crippen LogP contribution in [0, 0.1) is 5.92 Å². The van der Waals surface area contributed by atoms with Gasteiger partial charge < -0.3 is 19.5 Å². The molecular formula is C18H28N2O3. The largest absolute Gasteiger partial charge is 0.497 e. The molecular weight excluding hydrogens is 292 g/mol. The molecule has 2 saturated heterocycles. The summed E-state index contributed by atoms with van der Waals surface area (Å²) in [5, 5.41) is 10.5. The fraction of sp³-hybridized carbons (Fsp3) is 0.667. The summed E-state index contributed by atoms with van der Waals surface area (Å²) in [5.41, 5.74) is 0.931. The van der Waals surface area contributed by atoms with Gasteiger partial charge in [0, 0.05) is 32.7 Å². The van der Waals surface area contributed by atoms with Crippen molar-refractivity contribution in [2.24, 2.45) is 5.92 Å². The number of hydrogen-bond donors (Lipinski definition) is 1. The van der Waals surface area contributed by atoms with E-state index >= 15 is 0 Å². The Morgan fingerprint density at radius 1 is 1.26 bits per heavy atom. The molecule has 5 heteroatoms. The highest BCUT2D eigenvalue weighted by Crippen LogP contribution is 2.23. The number of rotatable bonds is 6. The Hall–Kier alpha value is -1.14. The van der Waals surface area contributed by atoms with Gasteiger partial charge in [-0.3, -0.25) is 4.90 Å². The van der Waals surface area contributed by atoms with Crippen LogP contribution in [-0.2, 0) is 4.74 Å². The van der Waals surface area contributed by atoms with Crippen LogP contribution in [0.3, 0.4) is 0 Å². The van der Waals surface area contributed by atoms with Gasteiger partial charge in [0.2, 0.25) is 0 Å². The summed E-state index contributed by atoms with van der Waals surface area (Å²) < 4.78 is 10.6. The molecule has 0 saturated carbocycles. The maximum absolute atomic E-state index is 10.5. The van der Waals surface area contributed by atoms with Crippen LogP contribution in [0.2, 0.25) is 0 Å². The lowest BCUT2D eigenvalue weighted by atomic mass is 10.1. The lowest BCUT2D eigenvalue weighted by Crippen LogP contribution is -2.40. The zero-order chi connectivity index (χ0) is 16.1. The molecule has 23 heavy (non-hydrogen) atoms. The fourth-order valence-corrected chi connectivity index (χ4v) is 3.58. The van der Waals surface area contributed by atoms with Crippen molar-refractivity contribution in [1.29, 1.82) is 0 Å². The molecule has 128 valence electrons. The summed E-state index contributed by atoms with van der Waals surface area (Å²) in [6, 6.07) is 7.73. The van der Waals surface area contributed by atoms with E-state index in [4.69, 9.17) is 9.47 Å². The fourth-order valence-electron chi connectivity index (χ4n) is 3.58. The first kappa shape index (κ1) is 16.7. The molecule has 0 aliphatic carbocycles. The van der Waals surface area contributed by atoms with Crippen LogP contribution in [0.25, 0.3) is 0 Å². The highest BCUT2D eigenvalue weighted by atomic mass is 16.5. The van der Waals surface area contributed by atoms with Crippen molar-refractivity contribution in [2.75, 3.05) is 59.6 Å². The van der Waals surface area contributed by atoms with Crippen molar-refractivity contribution in [2.45, 2.75) is 12.5 Å². The predicted molar refractivity (Wildman–Crippen MR) is 89.8 cm³/mol. The minimum absolute atomic E-state index is 0.452. The van der Waals surface area contributed by atoms with Gasteiger partial charge in [-0.15, -0.1) is 0 Å². The Balaban J connectivity index is 1.47. The van der Waals surface area contributed by atoms with E-state index < -0.39 is 6.10 Å². The summed E-state index contributed by atoms with van der Waals surface area (Å²) >= 11 is 0. The summed E-state index contributed by atoms with van der Waals surface area (Å²) in [4.78, 5) is 4.89. The molecule has 2 atom stereocenters. The van der Waals surface area contributed by atoms with Crippen LogP contribution >= 0.6 is 0 Å². The van der Waals surface area contributed by atoms with E-state index in [9.17, 15) is 5.11 Å². The molecule has 0 radical (unpaired) electrons. The number of likely N-dealkylation sites (tertiary alicyclic amines) is 1. The molecule has 2 fully saturated rings. The zero-order valence-electron chi connectivity index (χ0n) is 14.0. The number of ether oxygens (including phenoxy) is 2. The molecule has 2 aliphatic heterocycles. The van der Waals surface area contributed by atoms with Crippen molar-refractivity contribution in [3.8, 4) is 5.75 Å². The molecule has 0 spiro atoms. The molecule has 2 aliphatic rings. The number of β-amino-alcohol motifs (C(OH)–C–C–N with tert-alkyl or cyclic N) is 1. The van der Waals surface area contributed by atoms with Gasteiger partial charge in [-0.1, -0.05) is 12.1 Å². The van der Waals surface area contributed by atoms with Crippen LogP contribution in [0.1, 0.15) is 18.1 Å². The van der Waals surface area contributed by atoms with Crippen molar-refractivity contribution in [1.82, 2.24) is 9.80 Å².